The third-order valence-electron chi connectivity index (χ3n) is 5.16. The van der Waals surface area contributed by atoms with Gasteiger partial charge in [-0.1, -0.05) is 30.3 Å². The first-order valence-corrected chi connectivity index (χ1v) is 9.90. The minimum absolute atomic E-state index is 0.128. The van der Waals surface area contributed by atoms with E-state index in [1.165, 1.54) is 12.1 Å². The smallest absolute Gasteiger partial charge is 0.228 e. The number of methoxy groups -OCH3 is 2. The Morgan fingerprint density at radius 3 is 2.45 bits per heavy atom. The first kappa shape index (κ1) is 20.5. The number of ether oxygens (including phenoxy) is 2. The summed E-state index contributed by atoms with van der Waals surface area (Å²) in [5.74, 6) is 0.770. The molecule has 1 heterocycles. The van der Waals surface area contributed by atoms with E-state index in [4.69, 9.17) is 9.47 Å². The molecule has 1 amide bonds. The van der Waals surface area contributed by atoms with Crippen molar-refractivity contribution in [3.05, 3.63) is 89.9 Å². The van der Waals surface area contributed by atoms with Gasteiger partial charge in [0.15, 0.2) is 11.5 Å². The zero-order chi connectivity index (χ0) is 21.8. The van der Waals surface area contributed by atoms with E-state index in [0.29, 0.717) is 23.7 Å². The molecule has 31 heavy (non-hydrogen) atoms. The van der Waals surface area contributed by atoms with Gasteiger partial charge in [-0.05, 0) is 41.5 Å². The first-order chi connectivity index (χ1) is 15.1. The molecule has 0 atom stereocenters. The lowest BCUT2D eigenvalue weighted by Crippen LogP contribution is -2.14. The molecule has 0 aliphatic rings. The van der Waals surface area contributed by atoms with Crippen LogP contribution < -0.4 is 14.8 Å². The summed E-state index contributed by atoms with van der Waals surface area (Å²) in [4.78, 5) is 12.8. The molecule has 4 rings (SSSR count). The van der Waals surface area contributed by atoms with E-state index in [9.17, 15) is 9.18 Å². The summed E-state index contributed by atoms with van der Waals surface area (Å²) in [6.07, 6.45) is 2.22. The summed E-state index contributed by atoms with van der Waals surface area (Å²) in [6, 6.07) is 19.7. The Hall–Kier alpha value is -3.80. The molecule has 5 nitrogen and oxygen atoms in total. The summed E-state index contributed by atoms with van der Waals surface area (Å²) in [5.41, 5.74) is 3.58. The topological polar surface area (TPSA) is 52.5 Å². The minimum atomic E-state index is -0.256. The van der Waals surface area contributed by atoms with Gasteiger partial charge in [-0.3, -0.25) is 4.79 Å². The monoisotopic (exact) mass is 418 g/mol. The quantitative estimate of drug-likeness (QED) is 0.458. The van der Waals surface area contributed by atoms with Gasteiger partial charge in [0.1, 0.15) is 5.82 Å². The predicted octanol–water partition coefficient (Wildman–Crippen LogP) is 5.03. The van der Waals surface area contributed by atoms with Crippen molar-refractivity contribution in [2.45, 2.75) is 13.0 Å². The van der Waals surface area contributed by atoms with Crippen molar-refractivity contribution in [2.75, 3.05) is 19.5 Å². The van der Waals surface area contributed by atoms with Gasteiger partial charge in [-0.2, -0.15) is 0 Å². The Kier molecular flexibility index (Phi) is 5.89. The number of hydrogen-bond acceptors (Lipinski definition) is 3. The number of fused-ring (bicyclic) bond motifs is 1. The molecule has 158 valence electrons. The number of rotatable bonds is 7. The second-order valence-corrected chi connectivity index (χ2v) is 7.22. The van der Waals surface area contributed by atoms with Crippen molar-refractivity contribution >= 4 is 22.5 Å². The summed E-state index contributed by atoms with van der Waals surface area (Å²) < 4.78 is 25.8. The number of anilines is 1. The lowest BCUT2D eigenvalue weighted by Gasteiger charge is -2.10. The third kappa shape index (κ3) is 4.53. The molecule has 3 aromatic carbocycles. The zero-order valence-electron chi connectivity index (χ0n) is 17.4. The zero-order valence-corrected chi connectivity index (χ0v) is 17.4. The van der Waals surface area contributed by atoms with Crippen LogP contribution in [0.15, 0.2) is 72.9 Å². The fourth-order valence-electron chi connectivity index (χ4n) is 3.67. The van der Waals surface area contributed by atoms with Crippen LogP contribution in [-0.2, 0) is 17.8 Å². The molecule has 1 aromatic heterocycles. The average molecular weight is 418 g/mol. The normalized spacial score (nSPS) is 10.8. The molecule has 0 saturated heterocycles. The fourth-order valence-corrected chi connectivity index (χ4v) is 3.67. The summed E-state index contributed by atoms with van der Waals surface area (Å²) in [6.45, 7) is 0.595. The van der Waals surface area contributed by atoms with E-state index >= 15 is 0 Å². The summed E-state index contributed by atoms with van der Waals surface area (Å²) in [5, 5.41) is 3.94. The molecule has 0 radical (unpaired) electrons. The molecule has 0 aliphatic heterocycles. The molecule has 0 bridgehead atoms. The molecular weight excluding hydrogens is 395 g/mol. The van der Waals surface area contributed by atoms with Gasteiger partial charge in [0.2, 0.25) is 5.91 Å². The molecule has 1 N–H and O–H groups in total. The Balaban J connectivity index is 1.55. The van der Waals surface area contributed by atoms with Crippen molar-refractivity contribution in [2.24, 2.45) is 0 Å². The number of benzene rings is 3. The molecule has 0 unspecified atom stereocenters. The highest BCUT2D eigenvalue weighted by molar-refractivity contribution is 5.96. The van der Waals surface area contributed by atoms with Crippen LogP contribution in [0.3, 0.4) is 0 Å². The molecule has 0 aliphatic carbocycles. The van der Waals surface area contributed by atoms with Crippen LogP contribution in [-0.4, -0.2) is 24.7 Å². The highest BCUT2D eigenvalue weighted by atomic mass is 19.1. The van der Waals surface area contributed by atoms with Crippen molar-refractivity contribution < 1.29 is 18.7 Å². The van der Waals surface area contributed by atoms with Gasteiger partial charge in [-0.25, -0.2) is 4.39 Å². The Morgan fingerprint density at radius 2 is 1.71 bits per heavy atom. The van der Waals surface area contributed by atoms with Crippen molar-refractivity contribution in [3.63, 3.8) is 0 Å². The number of amides is 1. The van der Waals surface area contributed by atoms with E-state index in [1.807, 2.05) is 30.5 Å². The van der Waals surface area contributed by atoms with Crippen molar-refractivity contribution in [1.29, 1.82) is 0 Å². The van der Waals surface area contributed by atoms with Gasteiger partial charge in [0.25, 0.3) is 0 Å². The number of halogens is 1. The maximum absolute atomic E-state index is 13.2. The van der Waals surface area contributed by atoms with E-state index in [1.54, 1.807) is 44.6 Å². The average Bonchev–Trinajstić information content (AvgIpc) is 3.12. The number of carbonyl (C=O) groups excluding carboxylic acids is 1. The standard InChI is InChI=1S/C25H23FN2O3/c1-30-23-12-11-20(14-24(23)31-2)27-25(29)13-18-16-28(22-6-4-3-5-21(18)22)15-17-7-9-19(26)10-8-17/h3-12,14,16H,13,15H2,1-2H3,(H,27,29). The second-order valence-electron chi connectivity index (χ2n) is 7.22. The largest absolute Gasteiger partial charge is 0.493 e. The van der Waals surface area contributed by atoms with E-state index in [2.05, 4.69) is 9.88 Å². The van der Waals surface area contributed by atoms with Crippen molar-refractivity contribution in [3.8, 4) is 11.5 Å². The molecule has 0 spiro atoms. The van der Waals surface area contributed by atoms with Gasteiger partial charge >= 0.3 is 0 Å². The number of nitrogens with zero attached hydrogens (tertiary/aromatic N) is 1. The van der Waals surface area contributed by atoms with Crippen LogP contribution in [0.5, 0.6) is 11.5 Å². The predicted molar refractivity (Wildman–Crippen MR) is 119 cm³/mol. The lowest BCUT2D eigenvalue weighted by molar-refractivity contribution is -0.115. The van der Waals surface area contributed by atoms with Gasteiger partial charge in [-0.15, -0.1) is 0 Å². The second kappa shape index (κ2) is 8.92. The summed E-state index contributed by atoms with van der Waals surface area (Å²) in [7, 11) is 3.12. The van der Waals surface area contributed by atoms with Gasteiger partial charge in [0, 0.05) is 35.4 Å². The van der Waals surface area contributed by atoms with Crippen LogP contribution in [0.25, 0.3) is 10.9 Å². The maximum Gasteiger partial charge on any atom is 0.228 e. The van der Waals surface area contributed by atoms with E-state index in [-0.39, 0.29) is 18.1 Å². The van der Waals surface area contributed by atoms with Crippen LogP contribution in [0, 0.1) is 5.82 Å². The van der Waals surface area contributed by atoms with Crippen LogP contribution >= 0.6 is 0 Å². The van der Waals surface area contributed by atoms with Gasteiger partial charge in [0.05, 0.1) is 20.6 Å². The highest BCUT2D eigenvalue weighted by Gasteiger charge is 2.13. The molecule has 6 heteroatoms. The number of nitrogens with one attached hydrogen (secondary N) is 1. The van der Waals surface area contributed by atoms with Crippen LogP contribution in [0.4, 0.5) is 10.1 Å². The van der Waals surface area contributed by atoms with Crippen LogP contribution in [0.2, 0.25) is 0 Å². The molecular formula is C25H23FN2O3. The number of carbonyl (C=O) groups is 1. The number of hydrogen-bond donors (Lipinski definition) is 1. The van der Waals surface area contributed by atoms with Gasteiger partial charge < -0.3 is 19.4 Å². The summed E-state index contributed by atoms with van der Waals surface area (Å²) >= 11 is 0. The maximum atomic E-state index is 13.2. The Labute approximate surface area is 180 Å². The Bertz CT molecular complexity index is 1220. The molecule has 4 aromatic rings. The first-order valence-electron chi connectivity index (χ1n) is 9.90. The minimum Gasteiger partial charge on any atom is -0.493 e. The van der Waals surface area contributed by atoms with Crippen molar-refractivity contribution in [1.82, 2.24) is 4.57 Å². The number of para-hydroxylation sites is 1. The highest BCUT2D eigenvalue weighted by Crippen LogP contribution is 2.30. The molecule has 0 fully saturated rings. The number of aromatic nitrogens is 1. The Morgan fingerprint density at radius 1 is 0.968 bits per heavy atom. The lowest BCUT2D eigenvalue weighted by atomic mass is 10.1. The van der Waals surface area contributed by atoms with Crippen LogP contribution in [0.1, 0.15) is 11.1 Å². The fraction of sp³-hybridized carbons (Fsp3) is 0.160. The third-order valence-corrected chi connectivity index (χ3v) is 5.16. The van der Waals surface area contributed by atoms with E-state index in [0.717, 1.165) is 22.0 Å². The SMILES string of the molecule is COc1ccc(NC(=O)Cc2cn(Cc3ccc(F)cc3)c3ccccc23)cc1OC. The molecule has 0 saturated carbocycles. The van der Waals surface area contributed by atoms with E-state index < -0.39 is 0 Å².